The van der Waals surface area contributed by atoms with Crippen LogP contribution in [-0.4, -0.2) is 18.3 Å². The lowest BCUT2D eigenvalue weighted by molar-refractivity contribution is -0.118. The summed E-state index contributed by atoms with van der Waals surface area (Å²) in [5.74, 6) is -0.0923. The highest BCUT2D eigenvalue weighted by molar-refractivity contribution is 6.31. The molecule has 0 radical (unpaired) electrons. The number of Topliss-reactive ketones (excluding diaryl/α,β-unsaturated/α-hetero) is 1. The van der Waals surface area contributed by atoms with Gasteiger partial charge in [0.2, 0.25) is 0 Å². The molecule has 0 atom stereocenters. The lowest BCUT2D eigenvalue weighted by Gasteiger charge is -2.11. The summed E-state index contributed by atoms with van der Waals surface area (Å²) in [6, 6.07) is 11.5. The number of carbonyl (C=O) groups is 2. The topological polar surface area (TPSA) is 55.4 Å². The summed E-state index contributed by atoms with van der Waals surface area (Å²) in [6.45, 7) is 1.54. The Morgan fingerprint density at radius 1 is 1.04 bits per heavy atom. The second-order valence-corrected chi connectivity index (χ2v) is 5.63. The van der Waals surface area contributed by atoms with Gasteiger partial charge in [-0.15, -0.1) is 0 Å². The molecule has 0 aromatic heterocycles. The summed E-state index contributed by atoms with van der Waals surface area (Å²) in [7, 11) is 0. The van der Waals surface area contributed by atoms with Gasteiger partial charge in [0.15, 0.2) is 12.4 Å². The highest BCUT2D eigenvalue weighted by atomic mass is 35.5. The van der Waals surface area contributed by atoms with Gasteiger partial charge in [0.1, 0.15) is 5.75 Å². The Kier molecular flexibility index (Phi) is 6.02. The summed E-state index contributed by atoms with van der Waals surface area (Å²) in [6.07, 6.45) is 0.327. The minimum Gasteiger partial charge on any atom is -0.483 e. The van der Waals surface area contributed by atoms with Gasteiger partial charge in [-0.25, -0.2) is 0 Å². The third kappa shape index (κ3) is 4.98. The van der Waals surface area contributed by atoms with Crippen LogP contribution in [0.25, 0.3) is 0 Å². The molecule has 2 aromatic rings. The van der Waals surface area contributed by atoms with Crippen molar-refractivity contribution in [1.82, 2.24) is 0 Å². The largest absolute Gasteiger partial charge is 0.483 e. The van der Waals surface area contributed by atoms with E-state index in [9.17, 15) is 9.59 Å². The monoisotopic (exact) mass is 351 g/mol. The Balaban J connectivity index is 2.01. The molecule has 0 saturated carbocycles. The summed E-state index contributed by atoms with van der Waals surface area (Å²) < 4.78 is 5.46. The summed E-state index contributed by atoms with van der Waals surface area (Å²) in [4.78, 5) is 23.8. The van der Waals surface area contributed by atoms with Gasteiger partial charge >= 0.3 is 0 Å². The zero-order chi connectivity index (χ0) is 16.8. The number of carbonyl (C=O) groups excluding carboxylic acids is 2. The molecule has 0 aliphatic rings. The van der Waals surface area contributed by atoms with E-state index in [-0.39, 0.29) is 18.3 Å². The smallest absolute Gasteiger partial charge is 0.262 e. The summed E-state index contributed by atoms with van der Waals surface area (Å²) in [5.41, 5.74) is 0.989. The molecule has 0 heterocycles. The molecule has 0 spiro atoms. The van der Waals surface area contributed by atoms with Crippen molar-refractivity contribution in [3.8, 4) is 5.75 Å². The van der Waals surface area contributed by atoms with Gasteiger partial charge in [0.25, 0.3) is 5.91 Å². The van der Waals surface area contributed by atoms with Crippen LogP contribution >= 0.6 is 23.2 Å². The van der Waals surface area contributed by atoms with Crippen molar-refractivity contribution in [1.29, 1.82) is 0 Å². The molecule has 0 bridgehead atoms. The van der Waals surface area contributed by atoms with Crippen LogP contribution < -0.4 is 10.1 Å². The highest BCUT2D eigenvalue weighted by Gasteiger charge is 2.13. The van der Waals surface area contributed by atoms with E-state index < -0.39 is 0 Å². The van der Waals surface area contributed by atoms with Crippen LogP contribution in [0.4, 0.5) is 5.69 Å². The van der Waals surface area contributed by atoms with Crippen LogP contribution in [0.3, 0.4) is 0 Å². The Labute approximate surface area is 144 Å². The first-order chi connectivity index (χ1) is 11.0. The maximum Gasteiger partial charge on any atom is 0.262 e. The predicted octanol–water partition coefficient (Wildman–Crippen LogP) is 4.60. The summed E-state index contributed by atoms with van der Waals surface area (Å²) >= 11 is 11.7. The molecule has 0 fully saturated rings. The molecular weight excluding hydrogens is 337 g/mol. The molecule has 2 aromatic carbocycles. The normalized spacial score (nSPS) is 10.2. The van der Waals surface area contributed by atoms with E-state index in [0.29, 0.717) is 33.5 Å². The second kappa shape index (κ2) is 7.99. The minimum absolute atomic E-state index is 0.0967. The molecule has 1 amide bonds. The molecular formula is C17H15Cl2NO3. The van der Waals surface area contributed by atoms with E-state index in [0.717, 1.165) is 0 Å². The number of halogens is 2. The number of amides is 1. The lowest BCUT2D eigenvalue weighted by atomic mass is 10.1. The van der Waals surface area contributed by atoms with Crippen LogP contribution in [0.15, 0.2) is 42.5 Å². The number of anilines is 1. The van der Waals surface area contributed by atoms with Crippen LogP contribution in [0.1, 0.15) is 23.7 Å². The Bertz CT molecular complexity index is 714. The van der Waals surface area contributed by atoms with Gasteiger partial charge in [0, 0.05) is 22.2 Å². The van der Waals surface area contributed by atoms with Crippen LogP contribution in [0.2, 0.25) is 10.0 Å². The van der Waals surface area contributed by atoms with Crippen LogP contribution in [-0.2, 0) is 4.79 Å². The van der Waals surface area contributed by atoms with Gasteiger partial charge in [-0.1, -0.05) is 30.1 Å². The van der Waals surface area contributed by atoms with Crippen molar-refractivity contribution in [2.45, 2.75) is 13.3 Å². The van der Waals surface area contributed by atoms with Crippen molar-refractivity contribution in [2.24, 2.45) is 0 Å². The maximum atomic E-state index is 11.9. The van der Waals surface area contributed by atoms with Crippen molar-refractivity contribution >= 4 is 40.6 Å². The van der Waals surface area contributed by atoms with E-state index in [1.54, 1.807) is 49.4 Å². The van der Waals surface area contributed by atoms with Gasteiger partial charge in [-0.3, -0.25) is 9.59 Å². The van der Waals surface area contributed by atoms with Gasteiger partial charge in [0.05, 0.1) is 5.56 Å². The SMILES string of the molecule is CCC(=O)c1cc(Cl)ccc1OCC(=O)Nc1ccc(Cl)cc1. The molecule has 2 rings (SSSR count). The number of hydrogen-bond donors (Lipinski definition) is 1. The fourth-order valence-corrected chi connectivity index (χ4v) is 2.21. The van der Waals surface area contributed by atoms with E-state index in [1.165, 1.54) is 0 Å². The molecule has 0 unspecified atom stereocenters. The quantitative estimate of drug-likeness (QED) is 0.773. The molecule has 6 heteroatoms. The molecule has 0 aliphatic heterocycles. The van der Waals surface area contributed by atoms with E-state index >= 15 is 0 Å². The Morgan fingerprint density at radius 3 is 2.35 bits per heavy atom. The van der Waals surface area contributed by atoms with Crippen molar-refractivity contribution < 1.29 is 14.3 Å². The number of ketones is 1. The first kappa shape index (κ1) is 17.3. The highest BCUT2D eigenvalue weighted by Crippen LogP contribution is 2.24. The first-order valence-electron chi connectivity index (χ1n) is 7.00. The minimum atomic E-state index is -0.336. The standard InChI is InChI=1S/C17H15Cl2NO3/c1-2-15(21)14-9-12(19)5-8-16(14)23-10-17(22)20-13-6-3-11(18)4-7-13/h3-9H,2,10H2,1H3,(H,20,22). The van der Waals surface area contributed by atoms with Crippen molar-refractivity contribution in [3.05, 3.63) is 58.1 Å². The third-order valence-electron chi connectivity index (χ3n) is 3.05. The number of hydrogen-bond acceptors (Lipinski definition) is 3. The van der Waals surface area contributed by atoms with Gasteiger partial charge in [-0.05, 0) is 42.5 Å². The molecule has 1 N–H and O–H groups in total. The Hall–Kier alpha value is -2.04. The van der Waals surface area contributed by atoms with E-state index in [1.807, 2.05) is 0 Å². The van der Waals surface area contributed by atoms with E-state index in [2.05, 4.69) is 5.32 Å². The number of ether oxygens (including phenoxy) is 1. The molecule has 23 heavy (non-hydrogen) atoms. The first-order valence-corrected chi connectivity index (χ1v) is 7.76. The lowest BCUT2D eigenvalue weighted by Crippen LogP contribution is -2.20. The van der Waals surface area contributed by atoms with E-state index in [4.69, 9.17) is 27.9 Å². The Morgan fingerprint density at radius 2 is 1.70 bits per heavy atom. The fourth-order valence-electron chi connectivity index (χ4n) is 1.91. The second-order valence-electron chi connectivity index (χ2n) is 4.76. The molecule has 120 valence electrons. The fraction of sp³-hybridized carbons (Fsp3) is 0.176. The van der Waals surface area contributed by atoms with Crippen LogP contribution in [0, 0.1) is 0 Å². The van der Waals surface area contributed by atoms with Gasteiger partial charge in [-0.2, -0.15) is 0 Å². The van der Waals surface area contributed by atoms with Crippen LogP contribution in [0.5, 0.6) is 5.75 Å². The zero-order valence-electron chi connectivity index (χ0n) is 12.4. The average molecular weight is 352 g/mol. The number of nitrogens with one attached hydrogen (secondary N) is 1. The zero-order valence-corrected chi connectivity index (χ0v) is 13.9. The summed E-state index contributed by atoms with van der Waals surface area (Å²) in [5, 5.41) is 3.71. The van der Waals surface area contributed by atoms with Crippen molar-refractivity contribution in [3.63, 3.8) is 0 Å². The van der Waals surface area contributed by atoms with Crippen molar-refractivity contribution in [2.75, 3.05) is 11.9 Å². The predicted molar refractivity (Wildman–Crippen MR) is 91.7 cm³/mol. The molecule has 0 aliphatic carbocycles. The number of rotatable bonds is 6. The van der Waals surface area contributed by atoms with Gasteiger partial charge < -0.3 is 10.1 Å². The maximum absolute atomic E-state index is 11.9. The average Bonchev–Trinajstić information content (AvgIpc) is 2.55. The number of benzene rings is 2. The molecule has 0 saturated heterocycles. The third-order valence-corrected chi connectivity index (χ3v) is 3.54. The molecule has 4 nitrogen and oxygen atoms in total.